The molecule has 2 atom stereocenters. The molecule has 1 aliphatic rings. The summed E-state index contributed by atoms with van der Waals surface area (Å²) in [5.41, 5.74) is 0.991. The third-order valence-corrected chi connectivity index (χ3v) is 3.86. The summed E-state index contributed by atoms with van der Waals surface area (Å²) in [7, 11) is 3.98. The van der Waals surface area contributed by atoms with E-state index in [9.17, 15) is 9.59 Å². The summed E-state index contributed by atoms with van der Waals surface area (Å²) in [5.74, 6) is 0.541. The molecule has 1 aliphatic heterocycles. The van der Waals surface area contributed by atoms with Crippen molar-refractivity contribution < 1.29 is 14.3 Å². The van der Waals surface area contributed by atoms with E-state index in [0.29, 0.717) is 22.9 Å². The molecular weight excluding hydrogens is 306 g/mol. The monoisotopic (exact) mass is 333 g/mol. The first-order chi connectivity index (χ1) is 11.3. The number of nitrogens with zero attached hydrogens (tertiary/aromatic N) is 1. The standard InChI is InChI=1S/C18H27N3O3/c1-11(2)9-13(10-21(4)5)19-18(23)14-7-6-8-15-16(14)24-12(3)17(22)20-15/h6-8,11-13H,9-10H2,1-5H3,(H,19,23)(H,20,22). The number of anilines is 1. The van der Waals surface area contributed by atoms with E-state index >= 15 is 0 Å². The number of hydrogen-bond acceptors (Lipinski definition) is 4. The second-order valence-electron chi connectivity index (χ2n) is 6.99. The number of rotatable bonds is 6. The van der Waals surface area contributed by atoms with E-state index in [1.165, 1.54) is 0 Å². The smallest absolute Gasteiger partial charge is 0.265 e. The Kier molecular flexibility index (Phi) is 5.83. The largest absolute Gasteiger partial charge is 0.478 e. The highest BCUT2D eigenvalue weighted by molar-refractivity contribution is 6.04. The molecule has 24 heavy (non-hydrogen) atoms. The minimum absolute atomic E-state index is 0.0546. The molecule has 0 fully saturated rings. The van der Waals surface area contributed by atoms with Crippen LogP contribution in [0.5, 0.6) is 5.75 Å². The molecule has 0 spiro atoms. The van der Waals surface area contributed by atoms with E-state index in [-0.39, 0.29) is 17.9 Å². The lowest BCUT2D eigenvalue weighted by Crippen LogP contribution is -2.43. The topological polar surface area (TPSA) is 70.7 Å². The van der Waals surface area contributed by atoms with Crippen LogP contribution in [0, 0.1) is 5.92 Å². The quantitative estimate of drug-likeness (QED) is 0.836. The number of likely N-dealkylation sites (N-methyl/N-ethyl adjacent to an activating group) is 1. The first kappa shape index (κ1) is 18.3. The van der Waals surface area contributed by atoms with Gasteiger partial charge in [-0.1, -0.05) is 19.9 Å². The highest BCUT2D eigenvalue weighted by atomic mass is 16.5. The van der Waals surface area contributed by atoms with Gasteiger partial charge in [-0.25, -0.2) is 0 Å². The Morgan fingerprint density at radius 3 is 2.71 bits per heavy atom. The molecule has 0 aromatic heterocycles. The fourth-order valence-corrected chi connectivity index (χ4v) is 2.86. The van der Waals surface area contributed by atoms with E-state index in [4.69, 9.17) is 4.74 Å². The summed E-state index contributed by atoms with van der Waals surface area (Å²) in [5, 5.41) is 5.87. The normalized spacial score (nSPS) is 18.0. The third kappa shape index (κ3) is 4.47. The number of benzene rings is 1. The van der Waals surface area contributed by atoms with Gasteiger partial charge in [0.1, 0.15) is 0 Å². The van der Waals surface area contributed by atoms with Gasteiger partial charge in [-0.15, -0.1) is 0 Å². The Balaban J connectivity index is 2.20. The second-order valence-corrected chi connectivity index (χ2v) is 6.99. The van der Waals surface area contributed by atoms with Crippen LogP contribution in [0.15, 0.2) is 18.2 Å². The molecule has 1 heterocycles. The Bertz CT molecular complexity index is 604. The first-order valence-corrected chi connectivity index (χ1v) is 8.34. The number of ether oxygens (including phenoxy) is 1. The number of fused-ring (bicyclic) bond motifs is 1. The SMILES string of the molecule is CC(C)CC(CN(C)C)NC(=O)c1cccc2c1OC(C)C(=O)N2. The van der Waals surface area contributed by atoms with Crippen molar-refractivity contribution in [1.82, 2.24) is 10.2 Å². The van der Waals surface area contributed by atoms with Gasteiger partial charge in [0.25, 0.3) is 11.8 Å². The number of amides is 2. The van der Waals surface area contributed by atoms with Crippen LogP contribution in [0.1, 0.15) is 37.6 Å². The van der Waals surface area contributed by atoms with E-state index < -0.39 is 6.10 Å². The molecule has 0 saturated heterocycles. The molecular formula is C18H27N3O3. The lowest BCUT2D eigenvalue weighted by molar-refractivity contribution is -0.122. The lowest BCUT2D eigenvalue weighted by Gasteiger charge is -2.27. The number of carbonyl (C=O) groups is 2. The van der Waals surface area contributed by atoms with Gasteiger partial charge in [0, 0.05) is 12.6 Å². The van der Waals surface area contributed by atoms with Crippen LogP contribution in [0.4, 0.5) is 5.69 Å². The summed E-state index contributed by atoms with van der Waals surface area (Å²) < 4.78 is 5.66. The molecule has 0 aliphatic carbocycles. The van der Waals surface area contributed by atoms with Crippen molar-refractivity contribution in [3.05, 3.63) is 23.8 Å². The van der Waals surface area contributed by atoms with Crippen molar-refractivity contribution >= 4 is 17.5 Å². The van der Waals surface area contributed by atoms with Crippen LogP contribution in [0.25, 0.3) is 0 Å². The minimum Gasteiger partial charge on any atom is -0.478 e. The maximum Gasteiger partial charge on any atom is 0.265 e. The maximum atomic E-state index is 12.8. The zero-order chi connectivity index (χ0) is 17.9. The average Bonchev–Trinajstić information content (AvgIpc) is 2.46. The average molecular weight is 333 g/mol. The molecule has 6 heteroatoms. The number of para-hydroxylation sites is 1. The van der Waals surface area contributed by atoms with Crippen molar-refractivity contribution in [2.75, 3.05) is 26.0 Å². The Labute approximate surface area is 143 Å². The van der Waals surface area contributed by atoms with Crippen LogP contribution < -0.4 is 15.4 Å². The van der Waals surface area contributed by atoms with Crippen molar-refractivity contribution in [3.63, 3.8) is 0 Å². The molecule has 132 valence electrons. The van der Waals surface area contributed by atoms with E-state index in [1.54, 1.807) is 25.1 Å². The zero-order valence-electron chi connectivity index (χ0n) is 15.1. The van der Waals surface area contributed by atoms with Gasteiger partial charge < -0.3 is 20.3 Å². The second kappa shape index (κ2) is 7.66. The number of nitrogens with one attached hydrogen (secondary N) is 2. The summed E-state index contributed by atoms with van der Waals surface area (Å²) in [4.78, 5) is 26.5. The van der Waals surface area contributed by atoms with Gasteiger partial charge >= 0.3 is 0 Å². The fourth-order valence-electron chi connectivity index (χ4n) is 2.86. The molecule has 1 aromatic rings. The van der Waals surface area contributed by atoms with Gasteiger partial charge in [-0.3, -0.25) is 9.59 Å². The van der Waals surface area contributed by atoms with E-state index in [0.717, 1.165) is 13.0 Å². The predicted molar refractivity (Wildman–Crippen MR) is 94.4 cm³/mol. The van der Waals surface area contributed by atoms with Crippen LogP contribution in [0.3, 0.4) is 0 Å². The molecule has 2 unspecified atom stereocenters. The highest BCUT2D eigenvalue weighted by Crippen LogP contribution is 2.33. The Morgan fingerprint density at radius 2 is 2.08 bits per heavy atom. The van der Waals surface area contributed by atoms with E-state index in [1.807, 2.05) is 14.1 Å². The molecule has 2 N–H and O–H groups in total. The number of carbonyl (C=O) groups excluding carboxylic acids is 2. The van der Waals surface area contributed by atoms with Crippen LogP contribution in [-0.4, -0.2) is 49.5 Å². The van der Waals surface area contributed by atoms with Crippen molar-refractivity contribution in [2.45, 2.75) is 39.3 Å². The lowest BCUT2D eigenvalue weighted by atomic mass is 10.0. The summed E-state index contributed by atoms with van der Waals surface area (Å²) in [6.45, 7) is 6.71. The van der Waals surface area contributed by atoms with Gasteiger partial charge in [0.05, 0.1) is 11.3 Å². The molecule has 2 amide bonds. The number of hydrogen-bond donors (Lipinski definition) is 2. The molecule has 0 saturated carbocycles. The minimum atomic E-state index is -0.611. The first-order valence-electron chi connectivity index (χ1n) is 8.34. The van der Waals surface area contributed by atoms with Crippen molar-refractivity contribution in [2.24, 2.45) is 5.92 Å². The van der Waals surface area contributed by atoms with Crippen molar-refractivity contribution in [1.29, 1.82) is 0 Å². The van der Waals surface area contributed by atoms with E-state index in [2.05, 4.69) is 29.4 Å². The molecule has 1 aromatic carbocycles. The Hall–Kier alpha value is -2.08. The van der Waals surface area contributed by atoms with Crippen LogP contribution in [0.2, 0.25) is 0 Å². The summed E-state index contributed by atoms with van der Waals surface area (Å²) in [6, 6.07) is 5.26. The third-order valence-electron chi connectivity index (χ3n) is 3.86. The van der Waals surface area contributed by atoms with Crippen LogP contribution >= 0.6 is 0 Å². The molecule has 0 bridgehead atoms. The maximum absolute atomic E-state index is 12.8. The van der Waals surface area contributed by atoms with Crippen molar-refractivity contribution in [3.8, 4) is 5.75 Å². The Morgan fingerprint density at radius 1 is 1.38 bits per heavy atom. The summed E-state index contributed by atoms with van der Waals surface area (Å²) >= 11 is 0. The van der Waals surface area contributed by atoms with Gasteiger partial charge in [-0.2, -0.15) is 0 Å². The predicted octanol–water partition coefficient (Wildman–Crippen LogP) is 2.11. The molecule has 2 rings (SSSR count). The van der Waals surface area contributed by atoms with Crippen LogP contribution in [-0.2, 0) is 4.79 Å². The molecule has 6 nitrogen and oxygen atoms in total. The fraction of sp³-hybridized carbons (Fsp3) is 0.556. The van der Waals surface area contributed by atoms with Gasteiger partial charge in [0.2, 0.25) is 0 Å². The van der Waals surface area contributed by atoms with Gasteiger partial charge in [0.15, 0.2) is 11.9 Å². The zero-order valence-corrected chi connectivity index (χ0v) is 15.1. The highest BCUT2D eigenvalue weighted by Gasteiger charge is 2.28. The summed E-state index contributed by atoms with van der Waals surface area (Å²) in [6.07, 6.45) is 0.284. The molecule has 0 radical (unpaired) electrons. The van der Waals surface area contributed by atoms with Gasteiger partial charge in [-0.05, 0) is 45.5 Å².